The van der Waals surface area contributed by atoms with Crippen LogP contribution in [0.3, 0.4) is 0 Å². The Bertz CT molecular complexity index is 254. The Labute approximate surface area is 84.2 Å². The smallest absolute Gasteiger partial charge is 0.228 e. The molecule has 78 valence electrons. The fourth-order valence-corrected chi connectivity index (χ4v) is 3.20. The maximum atomic E-state index is 11.5. The van der Waals surface area contributed by atoms with Gasteiger partial charge in [-0.1, -0.05) is 6.42 Å². The van der Waals surface area contributed by atoms with Crippen LogP contribution in [-0.2, 0) is 9.53 Å². The normalized spacial score (nSPS) is 36.0. The molecule has 0 radical (unpaired) electrons. The number of ether oxygens (including phenoxy) is 1. The van der Waals surface area contributed by atoms with E-state index in [1.54, 1.807) is 0 Å². The third kappa shape index (κ3) is 0.991. The van der Waals surface area contributed by atoms with Crippen LogP contribution in [0.5, 0.6) is 0 Å². The second-order valence-electron chi connectivity index (χ2n) is 4.91. The van der Waals surface area contributed by atoms with Crippen molar-refractivity contribution in [2.75, 3.05) is 13.2 Å². The van der Waals surface area contributed by atoms with Crippen LogP contribution in [0.15, 0.2) is 0 Å². The summed E-state index contributed by atoms with van der Waals surface area (Å²) in [6.45, 7) is 1.76. The summed E-state index contributed by atoms with van der Waals surface area (Å²) in [5, 5.41) is 3.11. The first kappa shape index (κ1) is 8.72. The molecule has 2 aliphatic heterocycles. The first-order valence-corrected chi connectivity index (χ1v) is 5.72. The van der Waals surface area contributed by atoms with Crippen LogP contribution in [0, 0.1) is 11.3 Å². The van der Waals surface area contributed by atoms with E-state index in [0.29, 0.717) is 17.9 Å². The lowest BCUT2D eigenvalue weighted by molar-refractivity contribution is -0.160. The molecule has 0 aromatic heterocycles. The number of hydrogen-bond acceptors (Lipinski definition) is 2. The average molecular weight is 195 g/mol. The molecule has 3 fully saturated rings. The van der Waals surface area contributed by atoms with Gasteiger partial charge in [0.2, 0.25) is 5.91 Å². The summed E-state index contributed by atoms with van der Waals surface area (Å²) < 4.78 is 5.35. The summed E-state index contributed by atoms with van der Waals surface area (Å²) in [5.41, 5.74) is 0.0714. The zero-order chi connectivity index (χ0) is 9.60. The van der Waals surface area contributed by atoms with Crippen LogP contribution >= 0.6 is 0 Å². The van der Waals surface area contributed by atoms with Gasteiger partial charge >= 0.3 is 0 Å². The molecule has 3 nitrogen and oxygen atoms in total. The molecule has 0 bridgehead atoms. The van der Waals surface area contributed by atoms with Gasteiger partial charge in [-0.3, -0.25) is 4.79 Å². The van der Waals surface area contributed by atoms with Gasteiger partial charge in [0.15, 0.2) is 0 Å². The number of β-lactam (4-membered cyclic amide) rings is 1. The second-order valence-corrected chi connectivity index (χ2v) is 4.91. The van der Waals surface area contributed by atoms with Crippen molar-refractivity contribution in [3.63, 3.8) is 0 Å². The van der Waals surface area contributed by atoms with E-state index >= 15 is 0 Å². The Morgan fingerprint density at radius 1 is 1.29 bits per heavy atom. The van der Waals surface area contributed by atoms with Gasteiger partial charge in [-0.2, -0.15) is 0 Å². The van der Waals surface area contributed by atoms with Gasteiger partial charge in [0, 0.05) is 19.3 Å². The quantitative estimate of drug-likeness (QED) is 0.636. The van der Waals surface area contributed by atoms with Crippen LogP contribution < -0.4 is 5.32 Å². The highest BCUT2D eigenvalue weighted by molar-refractivity contribution is 5.91. The van der Waals surface area contributed by atoms with Gasteiger partial charge in [0.05, 0.1) is 5.41 Å². The first-order valence-electron chi connectivity index (χ1n) is 5.72. The van der Waals surface area contributed by atoms with Gasteiger partial charge in [0.25, 0.3) is 0 Å². The fraction of sp³-hybridized carbons (Fsp3) is 0.909. The largest absolute Gasteiger partial charge is 0.381 e. The van der Waals surface area contributed by atoms with Crippen molar-refractivity contribution >= 4 is 5.91 Å². The first-order chi connectivity index (χ1) is 6.83. The predicted octanol–water partition coefficient (Wildman–Crippen LogP) is 1.08. The van der Waals surface area contributed by atoms with E-state index < -0.39 is 0 Å². The van der Waals surface area contributed by atoms with E-state index in [0.717, 1.165) is 38.9 Å². The minimum Gasteiger partial charge on any atom is -0.381 e. The summed E-state index contributed by atoms with van der Waals surface area (Å²) in [7, 11) is 0. The highest BCUT2D eigenvalue weighted by Crippen LogP contribution is 2.52. The molecule has 2 saturated heterocycles. The van der Waals surface area contributed by atoms with Crippen LogP contribution in [0.4, 0.5) is 0 Å². The Hall–Kier alpha value is -0.570. The van der Waals surface area contributed by atoms with Crippen LogP contribution in [-0.4, -0.2) is 25.2 Å². The molecule has 14 heavy (non-hydrogen) atoms. The zero-order valence-electron chi connectivity index (χ0n) is 8.42. The van der Waals surface area contributed by atoms with Crippen molar-refractivity contribution in [1.82, 2.24) is 5.32 Å². The number of carbonyl (C=O) groups is 1. The van der Waals surface area contributed by atoms with Crippen LogP contribution in [0.1, 0.15) is 32.1 Å². The molecule has 1 atom stereocenters. The number of nitrogens with one attached hydrogen (secondary N) is 1. The van der Waals surface area contributed by atoms with Crippen molar-refractivity contribution < 1.29 is 9.53 Å². The van der Waals surface area contributed by atoms with Crippen molar-refractivity contribution in [3.05, 3.63) is 0 Å². The van der Waals surface area contributed by atoms with Gasteiger partial charge in [-0.25, -0.2) is 0 Å². The molecule has 1 saturated carbocycles. The molecular formula is C11H17NO2. The lowest BCUT2D eigenvalue weighted by Gasteiger charge is -2.57. The summed E-state index contributed by atoms with van der Waals surface area (Å²) in [4.78, 5) is 11.5. The summed E-state index contributed by atoms with van der Waals surface area (Å²) in [5.74, 6) is 1.00. The SMILES string of the molecule is O=C1N[C@@H](C2CCOCC2)C12CCC2. The van der Waals surface area contributed by atoms with E-state index in [2.05, 4.69) is 5.32 Å². The van der Waals surface area contributed by atoms with Gasteiger partial charge in [-0.15, -0.1) is 0 Å². The van der Waals surface area contributed by atoms with Gasteiger partial charge in [-0.05, 0) is 31.6 Å². The molecule has 3 heteroatoms. The Morgan fingerprint density at radius 2 is 2.00 bits per heavy atom. The summed E-state index contributed by atoms with van der Waals surface area (Å²) in [6, 6.07) is 0.479. The lowest BCUT2D eigenvalue weighted by atomic mass is 9.55. The highest BCUT2D eigenvalue weighted by atomic mass is 16.5. The van der Waals surface area contributed by atoms with Gasteiger partial charge in [0.1, 0.15) is 0 Å². The number of carbonyl (C=O) groups excluding carboxylic acids is 1. The highest BCUT2D eigenvalue weighted by Gasteiger charge is 2.60. The van der Waals surface area contributed by atoms with E-state index in [-0.39, 0.29) is 5.41 Å². The van der Waals surface area contributed by atoms with E-state index in [4.69, 9.17) is 4.74 Å². The van der Waals surface area contributed by atoms with Crippen LogP contribution in [0.25, 0.3) is 0 Å². The number of amides is 1. The standard InChI is InChI=1S/C11H17NO2/c13-10-11(4-1-5-11)9(12-10)8-2-6-14-7-3-8/h8-9H,1-7H2,(H,12,13)/t9-/m0/s1. The molecule has 1 aliphatic carbocycles. The van der Waals surface area contributed by atoms with Crippen molar-refractivity contribution in [2.45, 2.75) is 38.1 Å². The molecule has 3 rings (SSSR count). The molecule has 0 unspecified atom stereocenters. The number of hydrogen-bond donors (Lipinski definition) is 1. The molecule has 0 aromatic rings. The Kier molecular flexibility index (Phi) is 1.84. The average Bonchev–Trinajstić information content (AvgIpc) is 2.13. The van der Waals surface area contributed by atoms with Crippen LogP contribution in [0.2, 0.25) is 0 Å². The van der Waals surface area contributed by atoms with E-state index in [1.165, 1.54) is 6.42 Å². The maximum Gasteiger partial charge on any atom is 0.228 e. The minimum atomic E-state index is 0.0714. The van der Waals surface area contributed by atoms with Gasteiger partial charge < -0.3 is 10.1 Å². The molecule has 0 aromatic carbocycles. The second kappa shape index (κ2) is 2.96. The molecule has 1 amide bonds. The zero-order valence-corrected chi connectivity index (χ0v) is 8.42. The Morgan fingerprint density at radius 3 is 2.50 bits per heavy atom. The van der Waals surface area contributed by atoms with Crippen molar-refractivity contribution in [2.24, 2.45) is 11.3 Å². The summed E-state index contributed by atoms with van der Waals surface area (Å²) >= 11 is 0. The van der Waals surface area contributed by atoms with Crippen molar-refractivity contribution in [3.8, 4) is 0 Å². The predicted molar refractivity (Wildman–Crippen MR) is 51.8 cm³/mol. The lowest BCUT2D eigenvalue weighted by Crippen LogP contribution is -2.72. The summed E-state index contributed by atoms with van der Waals surface area (Å²) in [6.07, 6.45) is 5.76. The third-order valence-corrected chi connectivity index (χ3v) is 4.32. The van der Waals surface area contributed by atoms with Crippen molar-refractivity contribution in [1.29, 1.82) is 0 Å². The molecule has 2 heterocycles. The number of rotatable bonds is 1. The molecule has 1 N–H and O–H groups in total. The Balaban J connectivity index is 1.70. The molecular weight excluding hydrogens is 178 g/mol. The fourth-order valence-electron chi connectivity index (χ4n) is 3.20. The maximum absolute atomic E-state index is 11.5. The third-order valence-electron chi connectivity index (χ3n) is 4.32. The minimum absolute atomic E-state index is 0.0714. The van der Waals surface area contributed by atoms with E-state index in [9.17, 15) is 4.79 Å². The monoisotopic (exact) mass is 195 g/mol. The molecule has 3 aliphatic rings. The molecule has 1 spiro atoms. The topological polar surface area (TPSA) is 38.3 Å². The van der Waals surface area contributed by atoms with E-state index in [1.807, 2.05) is 0 Å².